The van der Waals surface area contributed by atoms with E-state index in [0.29, 0.717) is 11.8 Å². The van der Waals surface area contributed by atoms with Crippen molar-refractivity contribution in [3.05, 3.63) is 29.3 Å². The molecular weight excluding hydrogens is 232 g/mol. The van der Waals surface area contributed by atoms with Gasteiger partial charge >= 0.3 is 0 Å². The topological polar surface area (TPSA) is 37.3 Å². The van der Waals surface area contributed by atoms with Crippen LogP contribution in [-0.4, -0.2) is 16.2 Å². The van der Waals surface area contributed by atoms with Gasteiger partial charge in [0.25, 0.3) is 0 Å². The first-order chi connectivity index (χ1) is 6.11. The van der Waals surface area contributed by atoms with Crippen molar-refractivity contribution in [2.24, 2.45) is 0 Å². The third kappa shape index (κ3) is 3.19. The molecule has 3 heteroatoms. The number of Topliss-reactive ketones (excluding diaryl/α,β-unsaturated/α-hetero) is 1. The lowest BCUT2D eigenvalue weighted by atomic mass is 10.1. The van der Waals surface area contributed by atoms with Gasteiger partial charge in [0.05, 0.1) is 5.33 Å². The first-order valence-corrected chi connectivity index (χ1v) is 5.11. The van der Waals surface area contributed by atoms with Gasteiger partial charge in [0.1, 0.15) is 11.5 Å². The van der Waals surface area contributed by atoms with Gasteiger partial charge in [-0.3, -0.25) is 4.79 Å². The molecule has 0 saturated carbocycles. The molecule has 0 aliphatic heterocycles. The van der Waals surface area contributed by atoms with Gasteiger partial charge in [0.2, 0.25) is 0 Å². The van der Waals surface area contributed by atoms with E-state index < -0.39 is 0 Å². The predicted octanol–water partition coefficient (Wildman–Crippen LogP) is 2.21. The lowest BCUT2D eigenvalue weighted by Crippen LogP contribution is -2.03. The van der Waals surface area contributed by atoms with Crippen molar-refractivity contribution in [1.29, 1.82) is 0 Å². The van der Waals surface area contributed by atoms with Crippen LogP contribution in [0.1, 0.15) is 11.1 Å². The normalized spacial score (nSPS) is 10.0. The summed E-state index contributed by atoms with van der Waals surface area (Å²) in [5.41, 5.74) is 1.83. The summed E-state index contributed by atoms with van der Waals surface area (Å²) in [7, 11) is 0. The number of benzene rings is 1. The van der Waals surface area contributed by atoms with Crippen molar-refractivity contribution in [3.8, 4) is 5.75 Å². The molecule has 13 heavy (non-hydrogen) atoms. The largest absolute Gasteiger partial charge is 0.508 e. The Balaban J connectivity index is 2.83. The van der Waals surface area contributed by atoms with Crippen LogP contribution in [-0.2, 0) is 11.2 Å². The number of aryl methyl sites for hydroxylation is 1. The van der Waals surface area contributed by atoms with Crippen molar-refractivity contribution in [2.75, 3.05) is 5.33 Å². The van der Waals surface area contributed by atoms with Crippen LogP contribution in [0.4, 0.5) is 0 Å². The fourth-order valence-electron chi connectivity index (χ4n) is 1.22. The third-order valence-electron chi connectivity index (χ3n) is 1.67. The van der Waals surface area contributed by atoms with Crippen LogP contribution in [0.5, 0.6) is 5.75 Å². The highest BCUT2D eigenvalue weighted by Crippen LogP contribution is 2.15. The van der Waals surface area contributed by atoms with Crippen molar-refractivity contribution in [3.63, 3.8) is 0 Å². The van der Waals surface area contributed by atoms with E-state index in [0.717, 1.165) is 11.1 Å². The van der Waals surface area contributed by atoms with Crippen LogP contribution in [0.3, 0.4) is 0 Å². The van der Waals surface area contributed by atoms with Crippen LogP contribution in [0.15, 0.2) is 18.2 Å². The zero-order chi connectivity index (χ0) is 9.84. The van der Waals surface area contributed by atoms with E-state index in [1.165, 1.54) is 0 Å². The minimum absolute atomic E-state index is 0.116. The Bertz CT molecular complexity index is 300. The molecule has 0 aromatic heterocycles. The number of hydrogen-bond acceptors (Lipinski definition) is 2. The summed E-state index contributed by atoms with van der Waals surface area (Å²) in [5.74, 6) is 0.336. The first kappa shape index (κ1) is 10.3. The molecule has 0 fully saturated rings. The predicted molar refractivity (Wildman–Crippen MR) is 55.3 cm³/mol. The van der Waals surface area contributed by atoms with Gasteiger partial charge in [-0.15, -0.1) is 0 Å². The van der Waals surface area contributed by atoms with Crippen molar-refractivity contribution >= 4 is 21.7 Å². The number of alkyl halides is 1. The second-order valence-corrected chi connectivity index (χ2v) is 3.59. The molecule has 0 spiro atoms. The molecule has 1 aromatic rings. The Labute approximate surface area is 85.7 Å². The molecule has 0 saturated heterocycles. The molecule has 1 rings (SSSR count). The zero-order valence-corrected chi connectivity index (χ0v) is 8.97. The van der Waals surface area contributed by atoms with Gasteiger partial charge in [-0.2, -0.15) is 0 Å². The molecular formula is C10H11BrO2. The first-order valence-electron chi connectivity index (χ1n) is 3.99. The van der Waals surface area contributed by atoms with Crippen LogP contribution in [0.2, 0.25) is 0 Å². The number of carbonyl (C=O) groups is 1. The third-order valence-corrected chi connectivity index (χ3v) is 2.30. The molecule has 2 nitrogen and oxygen atoms in total. The number of phenolic OH excluding ortho intramolecular Hbond substituents is 1. The molecule has 70 valence electrons. The summed E-state index contributed by atoms with van der Waals surface area (Å²) in [6.45, 7) is 1.89. The Morgan fingerprint density at radius 1 is 1.46 bits per heavy atom. The molecule has 1 aromatic carbocycles. The Morgan fingerprint density at radius 2 is 2.15 bits per heavy atom. The summed E-state index contributed by atoms with van der Waals surface area (Å²) in [6, 6.07) is 5.19. The number of ketones is 1. The maximum atomic E-state index is 11.1. The quantitative estimate of drug-likeness (QED) is 0.826. The van der Waals surface area contributed by atoms with Crippen molar-refractivity contribution in [1.82, 2.24) is 0 Å². The van der Waals surface area contributed by atoms with Gasteiger partial charge in [-0.05, 0) is 30.2 Å². The maximum Gasteiger partial charge on any atom is 0.147 e. The standard InChI is InChI=1S/C10H11BrO2/c1-7-2-8(4-9(12)3-7)5-10(13)6-11/h2-4,12H,5-6H2,1H3. The van der Waals surface area contributed by atoms with E-state index in [4.69, 9.17) is 0 Å². The lowest BCUT2D eigenvalue weighted by Gasteiger charge is -2.01. The zero-order valence-electron chi connectivity index (χ0n) is 7.38. The minimum atomic E-state index is 0.116. The van der Waals surface area contributed by atoms with Gasteiger partial charge < -0.3 is 5.11 Å². The van der Waals surface area contributed by atoms with E-state index in [1.54, 1.807) is 12.1 Å². The van der Waals surface area contributed by atoms with E-state index in [9.17, 15) is 9.90 Å². The second-order valence-electron chi connectivity index (χ2n) is 3.03. The number of phenols is 1. The maximum absolute atomic E-state index is 11.1. The Morgan fingerprint density at radius 3 is 2.69 bits per heavy atom. The molecule has 1 N–H and O–H groups in total. The minimum Gasteiger partial charge on any atom is -0.508 e. The molecule has 0 amide bonds. The van der Waals surface area contributed by atoms with Gasteiger partial charge in [0, 0.05) is 6.42 Å². The van der Waals surface area contributed by atoms with Crippen LogP contribution in [0, 0.1) is 6.92 Å². The lowest BCUT2D eigenvalue weighted by molar-refractivity contribution is -0.115. The fraction of sp³-hybridized carbons (Fsp3) is 0.300. The number of carbonyl (C=O) groups excluding carboxylic acids is 1. The monoisotopic (exact) mass is 242 g/mol. The smallest absolute Gasteiger partial charge is 0.147 e. The van der Waals surface area contributed by atoms with E-state index in [-0.39, 0.29) is 11.5 Å². The molecule has 0 heterocycles. The summed E-state index contributed by atoms with van der Waals surface area (Å²) in [5, 5.41) is 9.62. The van der Waals surface area contributed by atoms with Crippen molar-refractivity contribution in [2.45, 2.75) is 13.3 Å². The summed E-state index contributed by atoms with van der Waals surface area (Å²) >= 11 is 3.10. The van der Waals surface area contributed by atoms with Crippen LogP contribution >= 0.6 is 15.9 Å². The molecule has 0 unspecified atom stereocenters. The van der Waals surface area contributed by atoms with E-state index >= 15 is 0 Å². The number of aromatic hydroxyl groups is 1. The average molecular weight is 243 g/mol. The van der Waals surface area contributed by atoms with Crippen LogP contribution in [0.25, 0.3) is 0 Å². The summed E-state index contributed by atoms with van der Waals surface area (Å²) in [6.07, 6.45) is 0.375. The van der Waals surface area contributed by atoms with E-state index in [2.05, 4.69) is 15.9 Å². The highest BCUT2D eigenvalue weighted by molar-refractivity contribution is 9.09. The number of hydrogen-bond donors (Lipinski definition) is 1. The SMILES string of the molecule is Cc1cc(O)cc(CC(=O)CBr)c1. The molecule has 0 aliphatic carbocycles. The Kier molecular flexibility index (Phi) is 3.48. The Hall–Kier alpha value is -0.830. The average Bonchev–Trinajstić information content (AvgIpc) is 2.02. The molecule has 0 bridgehead atoms. The highest BCUT2D eigenvalue weighted by Gasteiger charge is 2.03. The van der Waals surface area contributed by atoms with Gasteiger partial charge in [-0.25, -0.2) is 0 Å². The van der Waals surface area contributed by atoms with E-state index in [1.807, 2.05) is 13.0 Å². The number of halogens is 1. The van der Waals surface area contributed by atoms with Crippen LogP contribution < -0.4 is 0 Å². The van der Waals surface area contributed by atoms with Crippen molar-refractivity contribution < 1.29 is 9.90 Å². The summed E-state index contributed by atoms with van der Waals surface area (Å²) < 4.78 is 0. The highest BCUT2D eigenvalue weighted by atomic mass is 79.9. The van der Waals surface area contributed by atoms with Gasteiger partial charge in [-0.1, -0.05) is 22.0 Å². The number of rotatable bonds is 3. The van der Waals surface area contributed by atoms with Gasteiger partial charge in [0.15, 0.2) is 0 Å². The molecule has 0 atom stereocenters. The summed E-state index contributed by atoms with van der Waals surface area (Å²) in [4.78, 5) is 11.1. The second kappa shape index (κ2) is 4.42. The fourth-order valence-corrected chi connectivity index (χ4v) is 1.42. The molecule has 0 radical (unpaired) electrons. The molecule has 0 aliphatic rings.